The summed E-state index contributed by atoms with van der Waals surface area (Å²) in [6.45, 7) is 3.65. The number of nitro benzene ring substituents is 1. The summed E-state index contributed by atoms with van der Waals surface area (Å²) in [6.07, 6.45) is 4.15. The van der Waals surface area contributed by atoms with E-state index in [4.69, 9.17) is 0 Å². The number of piperidine rings is 1. The average Bonchev–Trinajstić information content (AvgIpc) is 3.50. The fourth-order valence-electron chi connectivity index (χ4n) is 3.31. The van der Waals surface area contributed by atoms with Crippen LogP contribution in [0, 0.1) is 16.0 Å². The molecule has 0 atom stereocenters. The van der Waals surface area contributed by atoms with Crippen molar-refractivity contribution in [2.75, 3.05) is 25.0 Å². The van der Waals surface area contributed by atoms with Gasteiger partial charge in [-0.3, -0.25) is 19.7 Å². The number of nitro groups is 1. The lowest BCUT2D eigenvalue weighted by atomic mass is 9.95. The van der Waals surface area contributed by atoms with Gasteiger partial charge in [0.2, 0.25) is 5.91 Å². The van der Waals surface area contributed by atoms with E-state index in [9.17, 15) is 19.7 Å². The van der Waals surface area contributed by atoms with Crippen molar-refractivity contribution >= 4 is 23.2 Å². The minimum atomic E-state index is -0.453. The fourth-order valence-corrected chi connectivity index (χ4v) is 3.31. The quantitative estimate of drug-likeness (QED) is 0.564. The number of benzene rings is 1. The standard InChI is InChI=1S/C19H26N4O4/c1-2-9-20-18(24)13-7-10-22(11-8-13)19(25)14-3-6-16(21-15-4-5-15)17(12-14)23(26)27/h3,6,12-13,15,21H,2,4-5,7-11H2,1H3,(H,20,24). The number of carbonyl (C=O) groups excluding carboxylic acids is 2. The lowest BCUT2D eigenvalue weighted by Gasteiger charge is -2.31. The first-order chi connectivity index (χ1) is 13.0. The first-order valence-corrected chi connectivity index (χ1v) is 9.61. The van der Waals surface area contributed by atoms with Gasteiger partial charge >= 0.3 is 0 Å². The highest BCUT2D eigenvalue weighted by Gasteiger charge is 2.29. The van der Waals surface area contributed by atoms with Crippen molar-refractivity contribution < 1.29 is 14.5 Å². The van der Waals surface area contributed by atoms with E-state index in [0.29, 0.717) is 49.8 Å². The van der Waals surface area contributed by atoms with Crippen LogP contribution in [0.1, 0.15) is 49.4 Å². The second-order valence-electron chi connectivity index (χ2n) is 7.27. The largest absolute Gasteiger partial charge is 0.377 e. The zero-order valence-corrected chi connectivity index (χ0v) is 15.6. The first kappa shape index (κ1) is 19.1. The highest BCUT2D eigenvalue weighted by atomic mass is 16.6. The van der Waals surface area contributed by atoms with Gasteiger partial charge in [0.25, 0.3) is 11.6 Å². The van der Waals surface area contributed by atoms with Crippen molar-refractivity contribution in [3.8, 4) is 0 Å². The van der Waals surface area contributed by atoms with Crippen molar-refractivity contribution in [1.29, 1.82) is 0 Å². The Balaban J connectivity index is 1.63. The molecule has 0 unspecified atom stereocenters. The Morgan fingerprint density at radius 2 is 1.93 bits per heavy atom. The Morgan fingerprint density at radius 3 is 2.52 bits per heavy atom. The van der Waals surface area contributed by atoms with E-state index in [2.05, 4.69) is 10.6 Å². The number of hydrogen-bond donors (Lipinski definition) is 2. The van der Waals surface area contributed by atoms with Gasteiger partial charge in [0.15, 0.2) is 0 Å². The molecule has 2 fully saturated rings. The van der Waals surface area contributed by atoms with Crippen LogP contribution in [-0.4, -0.2) is 47.3 Å². The molecule has 1 heterocycles. The van der Waals surface area contributed by atoms with Gasteiger partial charge in [-0.05, 0) is 44.2 Å². The van der Waals surface area contributed by atoms with Gasteiger partial charge in [-0.1, -0.05) is 6.92 Å². The second-order valence-corrected chi connectivity index (χ2v) is 7.27. The number of nitrogens with zero attached hydrogens (tertiary/aromatic N) is 2. The molecule has 1 saturated heterocycles. The first-order valence-electron chi connectivity index (χ1n) is 9.61. The second kappa shape index (κ2) is 8.37. The Labute approximate surface area is 158 Å². The van der Waals surface area contributed by atoms with Crippen molar-refractivity contribution in [2.24, 2.45) is 5.92 Å². The summed E-state index contributed by atoms with van der Waals surface area (Å²) in [7, 11) is 0. The van der Waals surface area contributed by atoms with Crippen molar-refractivity contribution in [3.63, 3.8) is 0 Å². The molecule has 1 saturated carbocycles. The summed E-state index contributed by atoms with van der Waals surface area (Å²) in [5.74, 6) is -0.237. The van der Waals surface area contributed by atoms with Crippen LogP contribution in [0.2, 0.25) is 0 Å². The number of amides is 2. The van der Waals surface area contributed by atoms with E-state index < -0.39 is 4.92 Å². The number of hydrogen-bond acceptors (Lipinski definition) is 5. The molecular formula is C19H26N4O4. The molecule has 0 bridgehead atoms. The SMILES string of the molecule is CCCNC(=O)C1CCN(C(=O)c2ccc(NC3CC3)c([N+](=O)[O-])c2)CC1. The summed E-state index contributed by atoms with van der Waals surface area (Å²) in [6, 6.07) is 4.91. The van der Waals surface area contributed by atoms with E-state index in [1.165, 1.54) is 6.07 Å². The Hall–Kier alpha value is -2.64. The zero-order chi connectivity index (χ0) is 19.4. The third-order valence-corrected chi connectivity index (χ3v) is 5.08. The molecule has 2 amide bonds. The molecule has 8 nitrogen and oxygen atoms in total. The molecular weight excluding hydrogens is 348 g/mol. The number of likely N-dealkylation sites (tertiary alicyclic amines) is 1. The van der Waals surface area contributed by atoms with Crippen LogP contribution >= 0.6 is 0 Å². The summed E-state index contributed by atoms with van der Waals surface area (Å²) >= 11 is 0. The van der Waals surface area contributed by atoms with Crippen molar-refractivity contribution in [2.45, 2.75) is 45.1 Å². The molecule has 8 heteroatoms. The summed E-state index contributed by atoms with van der Waals surface area (Å²) in [5, 5.41) is 17.4. The Bertz CT molecular complexity index is 724. The maximum absolute atomic E-state index is 12.8. The normalized spacial score (nSPS) is 17.4. The van der Waals surface area contributed by atoms with Gasteiger partial charge in [0, 0.05) is 43.2 Å². The van der Waals surface area contributed by atoms with Gasteiger partial charge in [0.05, 0.1) is 4.92 Å². The Kier molecular flexibility index (Phi) is 5.93. The summed E-state index contributed by atoms with van der Waals surface area (Å²) in [5.41, 5.74) is 0.712. The van der Waals surface area contributed by atoms with E-state index >= 15 is 0 Å². The molecule has 1 aromatic rings. The number of anilines is 1. The summed E-state index contributed by atoms with van der Waals surface area (Å²) in [4.78, 5) is 37.4. The number of carbonyl (C=O) groups is 2. The highest BCUT2D eigenvalue weighted by molar-refractivity contribution is 5.96. The predicted molar refractivity (Wildman–Crippen MR) is 102 cm³/mol. The highest BCUT2D eigenvalue weighted by Crippen LogP contribution is 2.32. The molecule has 0 spiro atoms. The molecule has 1 aromatic carbocycles. The summed E-state index contributed by atoms with van der Waals surface area (Å²) < 4.78 is 0. The molecule has 146 valence electrons. The Morgan fingerprint density at radius 1 is 1.22 bits per heavy atom. The van der Waals surface area contributed by atoms with Crippen LogP contribution in [0.15, 0.2) is 18.2 Å². The number of nitrogens with one attached hydrogen (secondary N) is 2. The third-order valence-electron chi connectivity index (χ3n) is 5.08. The van der Waals surface area contributed by atoms with Crippen LogP contribution in [-0.2, 0) is 4.79 Å². The van der Waals surface area contributed by atoms with Gasteiger partial charge < -0.3 is 15.5 Å². The van der Waals surface area contributed by atoms with Gasteiger partial charge in [-0.15, -0.1) is 0 Å². The minimum Gasteiger partial charge on any atom is -0.377 e. The van der Waals surface area contributed by atoms with Crippen molar-refractivity contribution in [1.82, 2.24) is 10.2 Å². The minimum absolute atomic E-state index is 0.0510. The zero-order valence-electron chi connectivity index (χ0n) is 15.6. The third kappa shape index (κ3) is 4.75. The number of rotatable bonds is 7. The molecule has 3 rings (SSSR count). The van der Waals surface area contributed by atoms with Gasteiger partial charge in [-0.2, -0.15) is 0 Å². The van der Waals surface area contributed by atoms with Gasteiger partial charge in [-0.25, -0.2) is 0 Å². The van der Waals surface area contributed by atoms with E-state index in [1.54, 1.807) is 17.0 Å². The van der Waals surface area contributed by atoms with E-state index in [0.717, 1.165) is 19.3 Å². The van der Waals surface area contributed by atoms with E-state index in [1.807, 2.05) is 6.92 Å². The molecule has 2 N–H and O–H groups in total. The maximum Gasteiger partial charge on any atom is 0.293 e. The molecule has 0 radical (unpaired) electrons. The van der Waals surface area contributed by atoms with Crippen LogP contribution < -0.4 is 10.6 Å². The topological polar surface area (TPSA) is 105 Å². The monoisotopic (exact) mass is 374 g/mol. The molecule has 0 aromatic heterocycles. The van der Waals surface area contributed by atoms with Crippen LogP contribution in [0.5, 0.6) is 0 Å². The molecule has 1 aliphatic carbocycles. The fraction of sp³-hybridized carbons (Fsp3) is 0.579. The molecule has 27 heavy (non-hydrogen) atoms. The average molecular weight is 374 g/mol. The smallest absolute Gasteiger partial charge is 0.293 e. The van der Waals surface area contributed by atoms with Crippen LogP contribution in [0.4, 0.5) is 11.4 Å². The molecule has 2 aliphatic rings. The van der Waals surface area contributed by atoms with Crippen molar-refractivity contribution in [3.05, 3.63) is 33.9 Å². The van der Waals surface area contributed by atoms with E-state index in [-0.39, 0.29) is 23.4 Å². The van der Waals surface area contributed by atoms with Crippen LogP contribution in [0.3, 0.4) is 0 Å². The lowest BCUT2D eigenvalue weighted by molar-refractivity contribution is -0.384. The van der Waals surface area contributed by atoms with Gasteiger partial charge in [0.1, 0.15) is 5.69 Å². The maximum atomic E-state index is 12.8. The lowest BCUT2D eigenvalue weighted by Crippen LogP contribution is -2.43. The molecule has 1 aliphatic heterocycles. The predicted octanol–water partition coefficient (Wildman–Crippen LogP) is 2.55. The van der Waals surface area contributed by atoms with Crippen LogP contribution in [0.25, 0.3) is 0 Å².